The van der Waals surface area contributed by atoms with E-state index >= 15 is 0 Å². The highest BCUT2D eigenvalue weighted by Gasteiger charge is 2.17. The molecule has 0 spiro atoms. The number of ether oxygens (including phenoxy) is 1. The monoisotopic (exact) mass is 366 g/mol. The van der Waals surface area contributed by atoms with E-state index in [4.69, 9.17) is 9.57 Å². The lowest BCUT2D eigenvalue weighted by Gasteiger charge is -2.22. The second kappa shape index (κ2) is 6.81. The number of aromatic nitrogens is 1. The number of rotatable bonds is 4. The topological polar surface area (TPSA) is 52.5 Å². The van der Waals surface area contributed by atoms with Gasteiger partial charge < -0.3 is 9.30 Å². The molecule has 1 N–H and O–H groups in total. The van der Waals surface area contributed by atoms with Gasteiger partial charge in [0.15, 0.2) is 6.29 Å². The highest BCUT2D eigenvalue weighted by atomic mass is 79.9. The van der Waals surface area contributed by atoms with Crippen LogP contribution in [-0.4, -0.2) is 23.4 Å². The van der Waals surface area contributed by atoms with Gasteiger partial charge in [-0.1, -0.05) is 18.2 Å². The lowest BCUT2D eigenvalue weighted by Crippen LogP contribution is -2.35. The summed E-state index contributed by atoms with van der Waals surface area (Å²) in [6, 6.07) is 7.99. The molecule has 118 valence electrons. The molecule has 3 rings (SSSR count). The molecule has 0 radical (unpaired) electrons. The summed E-state index contributed by atoms with van der Waals surface area (Å²) in [6.45, 7) is 2.89. The van der Waals surface area contributed by atoms with Gasteiger partial charge in [0.2, 0.25) is 0 Å². The van der Waals surface area contributed by atoms with Gasteiger partial charge in [0.1, 0.15) is 6.54 Å². The zero-order chi connectivity index (χ0) is 15.5. The van der Waals surface area contributed by atoms with Gasteiger partial charge in [-0.25, -0.2) is 10.3 Å². The van der Waals surface area contributed by atoms with Crippen LogP contribution in [0.3, 0.4) is 0 Å². The van der Waals surface area contributed by atoms with E-state index in [0.717, 1.165) is 40.3 Å². The highest BCUT2D eigenvalue weighted by Crippen LogP contribution is 2.30. The van der Waals surface area contributed by atoms with Crippen LogP contribution in [0.1, 0.15) is 25.0 Å². The fraction of sp³-hybridized carbons (Fsp3) is 0.438. The van der Waals surface area contributed by atoms with Crippen molar-refractivity contribution in [3.05, 3.63) is 34.4 Å². The third-order valence-corrected chi connectivity index (χ3v) is 4.90. The number of halogens is 1. The molecule has 0 saturated carbocycles. The number of benzene rings is 1. The van der Waals surface area contributed by atoms with Crippen LogP contribution < -0.4 is 5.48 Å². The van der Waals surface area contributed by atoms with E-state index in [1.807, 2.05) is 35.8 Å². The maximum absolute atomic E-state index is 12.1. The molecule has 2 aromatic rings. The summed E-state index contributed by atoms with van der Waals surface area (Å²) >= 11 is 3.59. The Morgan fingerprint density at radius 1 is 1.45 bits per heavy atom. The normalized spacial score (nSPS) is 18.5. The Hall–Kier alpha value is -1.37. The first-order valence-electron chi connectivity index (χ1n) is 7.46. The number of hydrogen-bond acceptors (Lipinski definition) is 3. The molecule has 1 aromatic carbocycles. The van der Waals surface area contributed by atoms with Crippen molar-refractivity contribution in [1.82, 2.24) is 10.0 Å². The van der Waals surface area contributed by atoms with Gasteiger partial charge in [-0.05, 0) is 41.8 Å². The molecule has 1 aliphatic rings. The molecule has 2 heterocycles. The second-order valence-corrected chi connectivity index (χ2v) is 6.23. The van der Waals surface area contributed by atoms with Crippen LogP contribution in [0.15, 0.2) is 28.7 Å². The van der Waals surface area contributed by atoms with E-state index in [1.54, 1.807) is 0 Å². The van der Waals surface area contributed by atoms with Crippen LogP contribution in [-0.2, 0) is 20.9 Å². The van der Waals surface area contributed by atoms with Crippen molar-refractivity contribution in [2.75, 3.05) is 6.61 Å². The number of para-hydroxylation sites is 1. The van der Waals surface area contributed by atoms with Crippen LogP contribution in [0.25, 0.3) is 10.9 Å². The summed E-state index contributed by atoms with van der Waals surface area (Å²) in [5.41, 5.74) is 4.54. The lowest BCUT2D eigenvalue weighted by molar-refractivity contribution is -0.200. The maximum atomic E-state index is 12.1. The minimum Gasteiger partial charge on any atom is -0.350 e. The molecular weight excluding hydrogens is 348 g/mol. The standard InChI is InChI=1S/C16H19BrN2O3/c1-11-16(17)12-6-2-3-7-13(12)19(11)10-14(20)18-22-15-8-4-5-9-21-15/h2-3,6-7,15H,4-5,8-10H2,1H3,(H,18,20)/t15-/m1/s1. The van der Waals surface area contributed by atoms with Crippen LogP contribution in [0.2, 0.25) is 0 Å². The minimum atomic E-state index is -0.327. The Kier molecular flexibility index (Phi) is 4.81. The van der Waals surface area contributed by atoms with Crippen molar-refractivity contribution < 1.29 is 14.4 Å². The first kappa shape index (κ1) is 15.5. The number of carbonyl (C=O) groups excluding carboxylic acids is 1. The summed E-state index contributed by atoms with van der Waals surface area (Å²) in [5, 5.41) is 1.10. The largest absolute Gasteiger partial charge is 0.350 e. The summed E-state index contributed by atoms with van der Waals surface area (Å²) < 4.78 is 8.42. The fourth-order valence-corrected chi connectivity index (χ4v) is 3.25. The zero-order valence-electron chi connectivity index (χ0n) is 12.5. The predicted molar refractivity (Wildman–Crippen MR) is 87.2 cm³/mol. The molecule has 0 bridgehead atoms. The summed E-state index contributed by atoms with van der Waals surface area (Å²) in [4.78, 5) is 17.5. The Morgan fingerprint density at radius 2 is 2.27 bits per heavy atom. The van der Waals surface area contributed by atoms with E-state index in [9.17, 15) is 4.79 Å². The van der Waals surface area contributed by atoms with E-state index in [-0.39, 0.29) is 18.7 Å². The number of nitrogens with zero attached hydrogens (tertiary/aromatic N) is 1. The zero-order valence-corrected chi connectivity index (χ0v) is 14.1. The van der Waals surface area contributed by atoms with E-state index in [0.29, 0.717) is 6.61 Å². The van der Waals surface area contributed by atoms with Crippen molar-refractivity contribution in [2.45, 2.75) is 39.0 Å². The molecule has 5 nitrogen and oxygen atoms in total. The Morgan fingerprint density at radius 3 is 3.05 bits per heavy atom. The molecular formula is C16H19BrN2O3. The van der Waals surface area contributed by atoms with Gasteiger partial charge >= 0.3 is 0 Å². The number of nitrogens with one attached hydrogen (secondary N) is 1. The molecule has 6 heteroatoms. The molecule has 1 aliphatic heterocycles. The second-order valence-electron chi connectivity index (χ2n) is 5.44. The molecule has 1 aromatic heterocycles. The summed E-state index contributed by atoms with van der Waals surface area (Å²) in [6.07, 6.45) is 2.61. The minimum absolute atomic E-state index is 0.189. The third kappa shape index (κ3) is 3.19. The number of hydrogen-bond donors (Lipinski definition) is 1. The van der Waals surface area contributed by atoms with Crippen LogP contribution in [0, 0.1) is 6.92 Å². The van der Waals surface area contributed by atoms with E-state index in [1.165, 1.54) is 0 Å². The van der Waals surface area contributed by atoms with Gasteiger partial charge in [-0.3, -0.25) is 4.79 Å². The van der Waals surface area contributed by atoms with Crippen LogP contribution in [0.5, 0.6) is 0 Å². The summed E-state index contributed by atoms with van der Waals surface area (Å²) in [5.74, 6) is -0.189. The smallest absolute Gasteiger partial charge is 0.263 e. The first-order valence-corrected chi connectivity index (χ1v) is 8.25. The van der Waals surface area contributed by atoms with Crippen molar-refractivity contribution >= 4 is 32.7 Å². The molecule has 22 heavy (non-hydrogen) atoms. The lowest BCUT2D eigenvalue weighted by atomic mass is 10.2. The molecule has 0 aliphatic carbocycles. The Bertz CT molecular complexity index is 677. The van der Waals surface area contributed by atoms with Crippen molar-refractivity contribution in [3.8, 4) is 0 Å². The fourth-order valence-electron chi connectivity index (χ4n) is 2.70. The highest BCUT2D eigenvalue weighted by molar-refractivity contribution is 9.10. The Labute approximate surface area is 137 Å². The third-order valence-electron chi connectivity index (χ3n) is 3.90. The van der Waals surface area contributed by atoms with Crippen molar-refractivity contribution in [1.29, 1.82) is 0 Å². The molecule has 1 atom stereocenters. The maximum Gasteiger partial charge on any atom is 0.263 e. The van der Waals surface area contributed by atoms with Crippen molar-refractivity contribution in [2.24, 2.45) is 0 Å². The van der Waals surface area contributed by atoms with Gasteiger partial charge in [0.25, 0.3) is 5.91 Å². The SMILES string of the molecule is Cc1c(Br)c2ccccc2n1CC(=O)NO[C@@H]1CCCCO1. The van der Waals surface area contributed by atoms with Gasteiger partial charge in [-0.2, -0.15) is 0 Å². The molecule has 1 amide bonds. The van der Waals surface area contributed by atoms with Crippen LogP contribution in [0.4, 0.5) is 0 Å². The number of carbonyl (C=O) groups is 1. The first-order chi connectivity index (χ1) is 10.7. The molecule has 0 unspecified atom stereocenters. The van der Waals surface area contributed by atoms with Gasteiger partial charge in [0.05, 0.1) is 0 Å². The summed E-state index contributed by atoms with van der Waals surface area (Å²) in [7, 11) is 0. The molecule has 1 saturated heterocycles. The number of amides is 1. The van der Waals surface area contributed by atoms with Gasteiger partial charge in [0, 0.05) is 34.1 Å². The quantitative estimate of drug-likeness (QED) is 0.844. The molecule has 1 fully saturated rings. The van der Waals surface area contributed by atoms with Gasteiger partial charge in [-0.15, -0.1) is 0 Å². The number of hydroxylamine groups is 1. The average Bonchev–Trinajstić information content (AvgIpc) is 2.79. The van der Waals surface area contributed by atoms with Crippen molar-refractivity contribution in [3.63, 3.8) is 0 Å². The average molecular weight is 367 g/mol. The Balaban J connectivity index is 1.67. The van der Waals surface area contributed by atoms with E-state index < -0.39 is 0 Å². The number of fused-ring (bicyclic) bond motifs is 1. The van der Waals surface area contributed by atoms with E-state index in [2.05, 4.69) is 21.4 Å². The van der Waals surface area contributed by atoms with Crippen LogP contribution >= 0.6 is 15.9 Å². The predicted octanol–water partition coefficient (Wildman–Crippen LogP) is 3.29.